The Morgan fingerprint density at radius 2 is 2.19 bits per heavy atom. The van der Waals surface area contributed by atoms with Crippen molar-refractivity contribution in [1.82, 2.24) is 15.0 Å². The first-order chi connectivity index (χ1) is 10.2. The Kier molecular flexibility index (Phi) is 3.73. The number of nitrogens with zero attached hydrogens (tertiary/aromatic N) is 3. The van der Waals surface area contributed by atoms with Gasteiger partial charge < -0.3 is 9.42 Å². The van der Waals surface area contributed by atoms with Crippen LogP contribution < -0.4 is 0 Å². The molecule has 5 heteroatoms. The van der Waals surface area contributed by atoms with E-state index < -0.39 is 0 Å². The lowest BCUT2D eigenvalue weighted by molar-refractivity contribution is 0.0603. The van der Waals surface area contributed by atoms with Crippen molar-refractivity contribution in [2.45, 2.75) is 39.2 Å². The van der Waals surface area contributed by atoms with E-state index in [1.54, 1.807) is 13.1 Å². The number of carbonyl (C=O) groups is 1. The molecule has 3 heterocycles. The second-order valence-electron chi connectivity index (χ2n) is 5.46. The lowest BCUT2D eigenvalue weighted by Gasteiger charge is -2.35. The molecule has 2 aromatic rings. The molecule has 0 aromatic carbocycles. The quantitative estimate of drug-likeness (QED) is 0.851. The first-order valence-electron chi connectivity index (χ1n) is 7.33. The summed E-state index contributed by atoms with van der Waals surface area (Å²) < 4.78 is 5.14. The molecule has 1 aliphatic heterocycles. The van der Waals surface area contributed by atoms with Gasteiger partial charge >= 0.3 is 0 Å². The topological polar surface area (TPSA) is 59.2 Å². The molecule has 0 aliphatic carbocycles. The minimum absolute atomic E-state index is 0.00148. The minimum atomic E-state index is 0.00148. The molecule has 0 unspecified atom stereocenters. The van der Waals surface area contributed by atoms with Crippen molar-refractivity contribution in [3.63, 3.8) is 0 Å². The van der Waals surface area contributed by atoms with Crippen LogP contribution in [0.25, 0.3) is 0 Å². The molecule has 0 spiro atoms. The maximum atomic E-state index is 12.9. The average Bonchev–Trinajstić information content (AvgIpc) is 2.86. The standard InChI is InChI=1S/C16H19N3O2/c1-11-15(12(2)21-18-11)16(20)19-10-6-4-8-14(19)13-7-3-5-9-17-13/h3,5,7,9,14H,4,6,8,10H2,1-2H3/t14-/m0/s1. The van der Waals surface area contributed by atoms with E-state index in [0.717, 1.165) is 31.5 Å². The number of piperidine rings is 1. The first kappa shape index (κ1) is 13.8. The van der Waals surface area contributed by atoms with Crippen molar-refractivity contribution >= 4 is 5.91 Å². The maximum Gasteiger partial charge on any atom is 0.259 e. The van der Waals surface area contributed by atoms with Crippen LogP contribution in [-0.4, -0.2) is 27.5 Å². The number of hydrogen-bond acceptors (Lipinski definition) is 4. The molecule has 110 valence electrons. The molecule has 0 N–H and O–H groups in total. The fourth-order valence-electron chi connectivity index (χ4n) is 2.99. The zero-order valence-corrected chi connectivity index (χ0v) is 12.4. The predicted octanol–water partition coefficient (Wildman–Crippen LogP) is 3.05. The number of rotatable bonds is 2. The van der Waals surface area contributed by atoms with Crippen molar-refractivity contribution in [3.8, 4) is 0 Å². The summed E-state index contributed by atoms with van der Waals surface area (Å²) >= 11 is 0. The van der Waals surface area contributed by atoms with E-state index in [0.29, 0.717) is 17.0 Å². The maximum absolute atomic E-state index is 12.9. The van der Waals surface area contributed by atoms with Crippen LogP contribution in [-0.2, 0) is 0 Å². The lowest BCUT2D eigenvalue weighted by atomic mass is 9.97. The Bertz CT molecular complexity index is 617. The van der Waals surface area contributed by atoms with E-state index in [1.807, 2.05) is 30.0 Å². The number of hydrogen-bond donors (Lipinski definition) is 0. The number of aryl methyl sites for hydroxylation is 2. The summed E-state index contributed by atoms with van der Waals surface area (Å²) in [6.45, 7) is 4.35. The van der Waals surface area contributed by atoms with Gasteiger partial charge in [0.2, 0.25) is 0 Å². The van der Waals surface area contributed by atoms with E-state index in [2.05, 4.69) is 10.1 Å². The molecule has 2 aromatic heterocycles. The van der Waals surface area contributed by atoms with E-state index in [9.17, 15) is 4.79 Å². The van der Waals surface area contributed by atoms with E-state index in [-0.39, 0.29) is 11.9 Å². The molecule has 1 fully saturated rings. The highest BCUT2D eigenvalue weighted by Crippen LogP contribution is 2.31. The van der Waals surface area contributed by atoms with Gasteiger partial charge in [-0.3, -0.25) is 9.78 Å². The molecular weight excluding hydrogens is 266 g/mol. The summed E-state index contributed by atoms with van der Waals surface area (Å²) in [7, 11) is 0. The highest BCUT2D eigenvalue weighted by Gasteiger charge is 2.32. The van der Waals surface area contributed by atoms with E-state index in [1.165, 1.54) is 0 Å². The Morgan fingerprint density at radius 3 is 2.86 bits per heavy atom. The summed E-state index contributed by atoms with van der Waals surface area (Å²) in [4.78, 5) is 19.2. The Labute approximate surface area is 124 Å². The molecule has 0 saturated carbocycles. The molecule has 5 nitrogen and oxygen atoms in total. The van der Waals surface area contributed by atoms with E-state index in [4.69, 9.17) is 4.52 Å². The van der Waals surface area contributed by atoms with Gasteiger partial charge in [-0.05, 0) is 45.2 Å². The molecular formula is C16H19N3O2. The molecule has 0 radical (unpaired) electrons. The summed E-state index contributed by atoms with van der Waals surface area (Å²) in [5, 5.41) is 3.89. The largest absolute Gasteiger partial charge is 0.361 e. The highest BCUT2D eigenvalue weighted by molar-refractivity contribution is 5.96. The smallest absolute Gasteiger partial charge is 0.259 e. The van der Waals surface area contributed by atoms with E-state index >= 15 is 0 Å². The number of carbonyl (C=O) groups excluding carboxylic acids is 1. The van der Waals surface area contributed by atoms with Gasteiger partial charge in [0.25, 0.3) is 5.91 Å². The Hall–Kier alpha value is -2.17. The van der Waals surface area contributed by atoms with Crippen molar-refractivity contribution < 1.29 is 9.32 Å². The molecule has 1 amide bonds. The van der Waals surface area contributed by atoms with Crippen molar-refractivity contribution in [3.05, 3.63) is 47.1 Å². The van der Waals surface area contributed by atoms with Gasteiger partial charge in [0.1, 0.15) is 11.3 Å². The lowest BCUT2D eigenvalue weighted by Crippen LogP contribution is -2.39. The Morgan fingerprint density at radius 1 is 1.33 bits per heavy atom. The third-order valence-electron chi connectivity index (χ3n) is 4.04. The molecule has 3 rings (SSSR count). The minimum Gasteiger partial charge on any atom is -0.361 e. The second-order valence-corrected chi connectivity index (χ2v) is 5.46. The van der Waals surface area contributed by atoms with Crippen molar-refractivity contribution in [2.75, 3.05) is 6.54 Å². The second kappa shape index (κ2) is 5.68. The Balaban J connectivity index is 1.93. The van der Waals surface area contributed by atoms with Crippen LogP contribution in [0, 0.1) is 13.8 Å². The first-order valence-corrected chi connectivity index (χ1v) is 7.33. The van der Waals surface area contributed by atoms with Crippen LogP contribution >= 0.6 is 0 Å². The third-order valence-corrected chi connectivity index (χ3v) is 4.04. The van der Waals surface area contributed by atoms with Gasteiger partial charge in [-0.15, -0.1) is 0 Å². The normalized spacial score (nSPS) is 18.8. The summed E-state index contributed by atoms with van der Waals surface area (Å²) in [5.74, 6) is 0.587. The number of aromatic nitrogens is 2. The average molecular weight is 285 g/mol. The van der Waals surface area contributed by atoms with Crippen LogP contribution in [0.15, 0.2) is 28.9 Å². The number of likely N-dealkylation sites (tertiary alicyclic amines) is 1. The van der Waals surface area contributed by atoms with Crippen LogP contribution in [0.1, 0.15) is 52.8 Å². The summed E-state index contributed by atoms with van der Waals surface area (Å²) in [6.07, 6.45) is 4.87. The van der Waals surface area contributed by atoms with Gasteiger partial charge in [0.15, 0.2) is 0 Å². The van der Waals surface area contributed by atoms with Crippen LogP contribution in [0.2, 0.25) is 0 Å². The third kappa shape index (κ3) is 2.55. The molecule has 0 bridgehead atoms. The summed E-state index contributed by atoms with van der Waals surface area (Å²) in [5.41, 5.74) is 2.21. The zero-order chi connectivity index (χ0) is 14.8. The summed E-state index contributed by atoms with van der Waals surface area (Å²) in [6, 6.07) is 5.90. The van der Waals surface area contributed by atoms with Crippen molar-refractivity contribution in [1.29, 1.82) is 0 Å². The fourth-order valence-corrected chi connectivity index (χ4v) is 2.99. The molecule has 1 atom stereocenters. The molecule has 1 saturated heterocycles. The van der Waals surface area contributed by atoms with Gasteiger partial charge in [0.05, 0.1) is 17.4 Å². The number of pyridine rings is 1. The monoisotopic (exact) mass is 285 g/mol. The molecule has 1 aliphatic rings. The van der Waals surface area contributed by atoms with Gasteiger partial charge in [-0.2, -0.15) is 0 Å². The van der Waals surface area contributed by atoms with Gasteiger partial charge in [0, 0.05) is 12.7 Å². The van der Waals surface area contributed by atoms with Crippen LogP contribution in [0.5, 0.6) is 0 Å². The fraction of sp³-hybridized carbons (Fsp3) is 0.438. The van der Waals surface area contributed by atoms with Gasteiger partial charge in [-0.1, -0.05) is 11.2 Å². The van der Waals surface area contributed by atoms with Crippen molar-refractivity contribution in [2.24, 2.45) is 0 Å². The molecule has 21 heavy (non-hydrogen) atoms. The van der Waals surface area contributed by atoms with Crippen LogP contribution in [0.3, 0.4) is 0 Å². The van der Waals surface area contributed by atoms with Crippen LogP contribution in [0.4, 0.5) is 0 Å². The predicted molar refractivity (Wildman–Crippen MR) is 77.8 cm³/mol. The SMILES string of the molecule is Cc1noc(C)c1C(=O)N1CCCC[C@H]1c1ccccn1. The zero-order valence-electron chi connectivity index (χ0n) is 12.4. The van der Waals surface area contributed by atoms with Gasteiger partial charge in [-0.25, -0.2) is 0 Å². The highest BCUT2D eigenvalue weighted by atomic mass is 16.5. The number of amides is 1.